The Morgan fingerprint density at radius 3 is 2.60 bits per heavy atom. The molecule has 128 valence electrons. The van der Waals surface area contributed by atoms with E-state index in [0.717, 1.165) is 10.6 Å². The Bertz CT molecular complexity index is 875. The van der Waals surface area contributed by atoms with Gasteiger partial charge in [0.05, 0.1) is 20.6 Å². The van der Waals surface area contributed by atoms with Gasteiger partial charge in [-0.3, -0.25) is 4.79 Å². The molecule has 25 heavy (non-hydrogen) atoms. The summed E-state index contributed by atoms with van der Waals surface area (Å²) in [4.78, 5) is 24.2. The van der Waals surface area contributed by atoms with E-state index in [4.69, 9.17) is 33.0 Å². The number of fused-ring (bicyclic) bond motifs is 1. The molecule has 0 radical (unpaired) electrons. The highest BCUT2D eigenvalue weighted by Crippen LogP contribution is 2.40. The van der Waals surface area contributed by atoms with Gasteiger partial charge in [-0.2, -0.15) is 0 Å². The van der Waals surface area contributed by atoms with Crippen LogP contribution in [0.5, 0.6) is 5.75 Å². The molecule has 0 unspecified atom stereocenters. The fraction of sp³-hybridized carbons (Fsp3) is 0.0588. The first-order valence-corrected chi connectivity index (χ1v) is 8.65. The average molecular weight is 396 g/mol. The van der Waals surface area contributed by atoms with Crippen LogP contribution in [0.4, 0.5) is 5.69 Å². The second kappa shape index (κ2) is 7.39. The van der Waals surface area contributed by atoms with E-state index in [2.05, 4.69) is 5.32 Å². The lowest BCUT2D eigenvalue weighted by molar-refractivity contribution is -0.139. The van der Waals surface area contributed by atoms with Crippen molar-refractivity contribution in [2.24, 2.45) is 0 Å². The third-order valence-electron chi connectivity index (χ3n) is 3.24. The zero-order valence-corrected chi connectivity index (χ0v) is 14.9. The number of ether oxygens (including phenoxy) is 1. The largest absolute Gasteiger partial charge is 0.479 e. The number of hydrogen-bond donors (Lipinski definition) is 2. The molecule has 0 saturated heterocycles. The number of hydrogen-bond acceptors (Lipinski definition) is 4. The molecule has 1 amide bonds. The van der Waals surface area contributed by atoms with E-state index in [9.17, 15) is 9.59 Å². The Labute approximate surface area is 157 Å². The third kappa shape index (κ3) is 4.10. The van der Waals surface area contributed by atoms with E-state index in [0.29, 0.717) is 10.5 Å². The molecule has 0 spiro atoms. The van der Waals surface area contributed by atoms with Crippen LogP contribution in [0.25, 0.3) is 6.08 Å². The van der Waals surface area contributed by atoms with E-state index in [1.54, 1.807) is 18.2 Å². The van der Waals surface area contributed by atoms with E-state index < -0.39 is 12.6 Å². The number of carbonyl (C=O) groups is 2. The van der Waals surface area contributed by atoms with Crippen LogP contribution in [-0.2, 0) is 9.59 Å². The lowest BCUT2D eigenvalue weighted by Gasteiger charge is -2.18. The van der Waals surface area contributed by atoms with E-state index in [1.807, 2.05) is 24.3 Å². The average Bonchev–Trinajstić information content (AvgIpc) is 2.54. The number of carboxylic acids is 1. The van der Waals surface area contributed by atoms with Crippen molar-refractivity contribution in [2.45, 2.75) is 4.90 Å². The SMILES string of the molecule is O=C(O)COc1c(Cl)cc(/C=C2\Sc3ccccc3NC2=O)cc1Cl. The van der Waals surface area contributed by atoms with Crippen molar-refractivity contribution in [2.75, 3.05) is 11.9 Å². The van der Waals surface area contributed by atoms with Crippen LogP contribution in [0.15, 0.2) is 46.2 Å². The van der Waals surface area contributed by atoms with Gasteiger partial charge < -0.3 is 15.2 Å². The second-order valence-electron chi connectivity index (χ2n) is 5.06. The summed E-state index contributed by atoms with van der Waals surface area (Å²) in [7, 11) is 0. The summed E-state index contributed by atoms with van der Waals surface area (Å²) in [6, 6.07) is 10.6. The number of anilines is 1. The maximum absolute atomic E-state index is 12.2. The molecule has 2 N–H and O–H groups in total. The first-order chi connectivity index (χ1) is 11.9. The van der Waals surface area contributed by atoms with Gasteiger partial charge in [0.15, 0.2) is 12.4 Å². The molecule has 0 aromatic heterocycles. The Kier molecular flexibility index (Phi) is 5.22. The topological polar surface area (TPSA) is 75.6 Å². The lowest BCUT2D eigenvalue weighted by atomic mass is 10.2. The summed E-state index contributed by atoms with van der Waals surface area (Å²) in [5, 5.41) is 11.8. The van der Waals surface area contributed by atoms with Crippen molar-refractivity contribution >= 4 is 58.6 Å². The van der Waals surface area contributed by atoms with Crippen LogP contribution in [-0.4, -0.2) is 23.6 Å². The molecule has 0 saturated carbocycles. The Morgan fingerprint density at radius 2 is 1.92 bits per heavy atom. The fourth-order valence-corrected chi connectivity index (χ4v) is 3.75. The van der Waals surface area contributed by atoms with Gasteiger partial charge in [-0.15, -0.1) is 0 Å². The molecule has 2 aromatic rings. The number of carbonyl (C=O) groups excluding carboxylic acids is 1. The minimum absolute atomic E-state index is 0.0963. The van der Waals surface area contributed by atoms with Gasteiger partial charge in [0.1, 0.15) is 0 Å². The van der Waals surface area contributed by atoms with Crippen LogP contribution < -0.4 is 10.1 Å². The van der Waals surface area contributed by atoms with Crippen molar-refractivity contribution in [3.05, 3.63) is 56.9 Å². The van der Waals surface area contributed by atoms with Gasteiger partial charge >= 0.3 is 5.97 Å². The first kappa shape index (κ1) is 17.7. The standard InChI is InChI=1S/C17H11Cl2NO4S/c18-10-5-9(6-11(19)16(10)24-8-15(21)22)7-14-17(23)20-12-3-1-2-4-13(12)25-14/h1-7H,8H2,(H,20,23)(H,21,22)/b14-7-. The molecule has 0 bridgehead atoms. The van der Waals surface area contributed by atoms with E-state index >= 15 is 0 Å². The molecule has 1 aliphatic rings. The number of thioether (sulfide) groups is 1. The highest BCUT2D eigenvalue weighted by molar-refractivity contribution is 8.04. The Balaban J connectivity index is 1.89. The zero-order chi connectivity index (χ0) is 18.0. The van der Waals surface area contributed by atoms with Crippen molar-refractivity contribution in [1.29, 1.82) is 0 Å². The second-order valence-corrected chi connectivity index (χ2v) is 6.96. The molecule has 1 aliphatic heterocycles. The molecule has 1 heterocycles. The number of halogens is 2. The summed E-state index contributed by atoms with van der Waals surface area (Å²) in [6.45, 7) is -0.547. The predicted molar refractivity (Wildman–Crippen MR) is 98.5 cm³/mol. The molecular weight excluding hydrogens is 385 g/mol. The van der Waals surface area contributed by atoms with Gasteiger partial charge in [-0.05, 0) is 35.9 Å². The van der Waals surface area contributed by atoms with Gasteiger partial charge in [-0.25, -0.2) is 4.79 Å². The minimum Gasteiger partial charge on any atom is -0.479 e. The number of benzene rings is 2. The smallest absolute Gasteiger partial charge is 0.341 e. The number of amides is 1. The molecule has 3 rings (SSSR count). The highest BCUT2D eigenvalue weighted by Gasteiger charge is 2.21. The first-order valence-electron chi connectivity index (χ1n) is 7.07. The van der Waals surface area contributed by atoms with Crippen LogP contribution in [0, 0.1) is 0 Å². The maximum atomic E-state index is 12.2. The van der Waals surface area contributed by atoms with Gasteiger partial charge in [0, 0.05) is 4.90 Å². The summed E-state index contributed by atoms with van der Waals surface area (Å²) in [5.41, 5.74) is 1.37. The Hall–Kier alpha value is -2.15. The quantitative estimate of drug-likeness (QED) is 0.742. The van der Waals surface area contributed by atoms with Crippen LogP contribution in [0.2, 0.25) is 10.0 Å². The highest BCUT2D eigenvalue weighted by atomic mass is 35.5. The van der Waals surface area contributed by atoms with Crippen LogP contribution >= 0.6 is 35.0 Å². The number of aliphatic carboxylic acids is 1. The molecule has 5 nitrogen and oxygen atoms in total. The monoisotopic (exact) mass is 395 g/mol. The summed E-state index contributed by atoms with van der Waals surface area (Å²) >= 11 is 13.6. The van der Waals surface area contributed by atoms with Gasteiger partial charge in [0.2, 0.25) is 0 Å². The third-order valence-corrected chi connectivity index (χ3v) is 4.90. The van der Waals surface area contributed by atoms with Crippen molar-refractivity contribution < 1.29 is 19.4 Å². The number of nitrogens with one attached hydrogen (secondary N) is 1. The number of carboxylic acid groups (broad SMARTS) is 1. The van der Waals surface area contributed by atoms with Crippen LogP contribution in [0.3, 0.4) is 0 Å². The molecular formula is C17H11Cl2NO4S. The predicted octanol–water partition coefficient (Wildman–Crippen LogP) is 4.54. The molecule has 8 heteroatoms. The van der Waals surface area contributed by atoms with E-state index in [-0.39, 0.29) is 21.7 Å². The summed E-state index contributed by atoms with van der Waals surface area (Å²) < 4.78 is 5.07. The normalized spacial score (nSPS) is 14.8. The summed E-state index contributed by atoms with van der Waals surface area (Å²) in [6.07, 6.45) is 1.66. The maximum Gasteiger partial charge on any atom is 0.341 e. The molecule has 0 aliphatic carbocycles. The van der Waals surface area contributed by atoms with E-state index in [1.165, 1.54) is 11.8 Å². The minimum atomic E-state index is -1.13. The number of rotatable bonds is 4. The molecule has 2 aromatic carbocycles. The fourth-order valence-electron chi connectivity index (χ4n) is 2.19. The van der Waals surface area contributed by atoms with Crippen molar-refractivity contribution in [3.63, 3.8) is 0 Å². The van der Waals surface area contributed by atoms with Crippen LogP contribution in [0.1, 0.15) is 5.56 Å². The lowest BCUT2D eigenvalue weighted by Crippen LogP contribution is -2.17. The summed E-state index contributed by atoms with van der Waals surface area (Å²) in [5.74, 6) is -1.26. The van der Waals surface area contributed by atoms with Crippen molar-refractivity contribution in [1.82, 2.24) is 0 Å². The van der Waals surface area contributed by atoms with Crippen molar-refractivity contribution in [3.8, 4) is 5.75 Å². The Morgan fingerprint density at radius 1 is 1.24 bits per heavy atom. The molecule has 0 atom stereocenters. The molecule has 0 fully saturated rings. The van der Waals surface area contributed by atoms with Gasteiger partial charge in [0.25, 0.3) is 5.91 Å². The van der Waals surface area contributed by atoms with Gasteiger partial charge in [-0.1, -0.05) is 47.1 Å². The number of para-hydroxylation sites is 1. The zero-order valence-electron chi connectivity index (χ0n) is 12.6.